The van der Waals surface area contributed by atoms with Crippen molar-refractivity contribution in [2.45, 2.75) is 19.4 Å². The second-order valence-electron chi connectivity index (χ2n) is 5.90. The van der Waals surface area contributed by atoms with Gasteiger partial charge in [0.15, 0.2) is 5.78 Å². The van der Waals surface area contributed by atoms with E-state index in [-0.39, 0.29) is 11.7 Å². The van der Waals surface area contributed by atoms with E-state index in [1.807, 2.05) is 19.9 Å². The summed E-state index contributed by atoms with van der Waals surface area (Å²) in [5, 5.41) is 0.550. The summed E-state index contributed by atoms with van der Waals surface area (Å²) in [6.07, 6.45) is 5.07. The van der Waals surface area contributed by atoms with Crippen LogP contribution in [-0.2, 0) is 14.3 Å². The summed E-state index contributed by atoms with van der Waals surface area (Å²) in [7, 11) is 0. The van der Waals surface area contributed by atoms with Crippen LogP contribution in [0.1, 0.15) is 13.8 Å². The minimum Gasteiger partial charge on any atom is -0.426 e. The van der Waals surface area contributed by atoms with E-state index >= 15 is 0 Å². The Bertz CT molecular complexity index is 704. The van der Waals surface area contributed by atoms with Crippen LogP contribution >= 0.6 is 11.6 Å². The lowest BCUT2D eigenvalue weighted by atomic mass is 9.71. The van der Waals surface area contributed by atoms with Crippen molar-refractivity contribution in [3.63, 3.8) is 0 Å². The Labute approximate surface area is 139 Å². The van der Waals surface area contributed by atoms with Crippen LogP contribution in [0.3, 0.4) is 0 Å². The Kier molecular flexibility index (Phi) is 4.13. The molecule has 1 unspecified atom stereocenters. The van der Waals surface area contributed by atoms with Gasteiger partial charge in [-0.15, -0.1) is 0 Å². The van der Waals surface area contributed by atoms with Gasteiger partial charge in [0.25, 0.3) is 0 Å². The summed E-state index contributed by atoms with van der Waals surface area (Å²) in [6.45, 7) is 4.19. The molecule has 0 aromatic heterocycles. The van der Waals surface area contributed by atoms with Gasteiger partial charge in [-0.1, -0.05) is 17.7 Å². The highest BCUT2D eigenvalue weighted by Gasteiger charge is 2.53. The zero-order valence-electron chi connectivity index (χ0n) is 12.9. The molecule has 3 rings (SSSR count). The molecule has 1 saturated heterocycles. The summed E-state index contributed by atoms with van der Waals surface area (Å²) in [5.74, 6) is -1.68. The Morgan fingerprint density at radius 3 is 2.74 bits per heavy atom. The van der Waals surface area contributed by atoms with Crippen LogP contribution in [0.4, 0.5) is 0 Å². The van der Waals surface area contributed by atoms with Crippen LogP contribution in [0.5, 0.6) is 5.75 Å². The second kappa shape index (κ2) is 5.95. The van der Waals surface area contributed by atoms with E-state index in [9.17, 15) is 9.59 Å². The van der Waals surface area contributed by atoms with Gasteiger partial charge in [0.2, 0.25) is 0 Å². The summed E-state index contributed by atoms with van der Waals surface area (Å²) in [6, 6.07) is 6.47. The number of esters is 1. The topological polar surface area (TPSA) is 52.6 Å². The summed E-state index contributed by atoms with van der Waals surface area (Å²) >= 11 is 5.82. The number of rotatable bonds is 2. The number of carbonyl (C=O) groups is 2. The molecule has 0 spiro atoms. The number of fused-ring (bicyclic) bond motifs is 1. The monoisotopic (exact) mass is 332 g/mol. The molecule has 0 saturated carbocycles. The maximum absolute atomic E-state index is 12.6. The SMILES string of the molecule is C/C=C1\CO[C@]2(C)C=CC(=O)[C@@H](C(=O)Oc3ccc(Cl)cc3)C12. The third-order valence-corrected chi connectivity index (χ3v) is 4.69. The predicted molar refractivity (Wildman–Crippen MR) is 86.3 cm³/mol. The highest BCUT2D eigenvalue weighted by molar-refractivity contribution is 6.30. The highest BCUT2D eigenvalue weighted by atomic mass is 35.5. The summed E-state index contributed by atoms with van der Waals surface area (Å²) in [5.41, 5.74) is 0.294. The number of halogens is 1. The lowest BCUT2D eigenvalue weighted by Gasteiger charge is -2.34. The molecule has 5 heteroatoms. The molecule has 1 fully saturated rings. The molecule has 1 aromatic rings. The fourth-order valence-electron chi connectivity index (χ4n) is 3.20. The molecule has 1 heterocycles. The lowest BCUT2D eigenvalue weighted by Crippen LogP contribution is -2.46. The lowest BCUT2D eigenvalue weighted by molar-refractivity contribution is -0.147. The zero-order valence-corrected chi connectivity index (χ0v) is 13.7. The molecule has 1 aromatic carbocycles. The van der Waals surface area contributed by atoms with Gasteiger partial charge in [-0.3, -0.25) is 9.59 Å². The summed E-state index contributed by atoms with van der Waals surface area (Å²) in [4.78, 5) is 25.0. The number of ether oxygens (including phenoxy) is 2. The third-order valence-electron chi connectivity index (χ3n) is 4.44. The number of allylic oxidation sites excluding steroid dienone is 2. The van der Waals surface area contributed by atoms with Gasteiger partial charge < -0.3 is 9.47 Å². The van der Waals surface area contributed by atoms with Crippen molar-refractivity contribution in [3.05, 3.63) is 53.1 Å². The molecule has 4 nitrogen and oxygen atoms in total. The fraction of sp³-hybridized carbons (Fsp3) is 0.333. The van der Waals surface area contributed by atoms with Gasteiger partial charge in [-0.2, -0.15) is 0 Å². The number of ketones is 1. The van der Waals surface area contributed by atoms with Gasteiger partial charge in [0, 0.05) is 10.9 Å². The van der Waals surface area contributed by atoms with Crippen molar-refractivity contribution >= 4 is 23.4 Å². The molecule has 1 aliphatic heterocycles. The number of hydrogen-bond acceptors (Lipinski definition) is 4. The van der Waals surface area contributed by atoms with Gasteiger partial charge in [-0.05, 0) is 55.8 Å². The molecule has 0 amide bonds. The van der Waals surface area contributed by atoms with E-state index in [4.69, 9.17) is 21.1 Å². The van der Waals surface area contributed by atoms with Gasteiger partial charge >= 0.3 is 5.97 Å². The van der Waals surface area contributed by atoms with E-state index < -0.39 is 17.5 Å². The van der Waals surface area contributed by atoms with Gasteiger partial charge in [0.1, 0.15) is 11.7 Å². The van der Waals surface area contributed by atoms with Gasteiger partial charge in [-0.25, -0.2) is 0 Å². The Morgan fingerprint density at radius 2 is 2.09 bits per heavy atom. The van der Waals surface area contributed by atoms with Crippen molar-refractivity contribution < 1.29 is 19.1 Å². The molecule has 1 aliphatic carbocycles. The first-order valence-electron chi connectivity index (χ1n) is 7.44. The molecule has 120 valence electrons. The quantitative estimate of drug-likeness (QED) is 0.361. The second-order valence-corrected chi connectivity index (χ2v) is 6.34. The first-order chi connectivity index (χ1) is 10.9. The largest absolute Gasteiger partial charge is 0.426 e. The Hall–Kier alpha value is -1.91. The molecule has 0 bridgehead atoms. The van der Waals surface area contributed by atoms with Crippen LogP contribution in [0, 0.1) is 11.8 Å². The van der Waals surface area contributed by atoms with Crippen LogP contribution in [0.2, 0.25) is 5.02 Å². The molecular weight excluding hydrogens is 316 g/mol. The summed E-state index contributed by atoms with van der Waals surface area (Å²) < 4.78 is 11.2. The van der Waals surface area contributed by atoms with Crippen molar-refractivity contribution in [2.24, 2.45) is 11.8 Å². The average molecular weight is 333 g/mol. The van der Waals surface area contributed by atoms with Crippen molar-refractivity contribution in [1.29, 1.82) is 0 Å². The number of hydrogen-bond donors (Lipinski definition) is 0. The fourth-order valence-corrected chi connectivity index (χ4v) is 3.32. The maximum Gasteiger partial charge on any atom is 0.322 e. The van der Waals surface area contributed by atoms with Crippen molar-refractivity contribution in [1.82, 2.24) is 0 Å². The molecule has 23 heavy (non-hydrogen) atoms. The first kappa shape index (κ1) is 16.0. The van der Waals surface area contributed by atoms with E-state index in [0.29, 0.717) is 17.4 Å². The maximum atomic E-state index is 12.6. The van der Waals surface area contributed by atoms with Crippen molar-refractivity contribution in [2.75, 3.05) is 6.61 Å². The average Bonchev–Trinajstić information content (AvgIpc) is 2.87. The van der Waals surface area contributed by atoms with Crippen LogP contribution in [0.25, 0.3) is 0 Å². The highest BCUT2D eigenvalue weighted by Crippen LogP contribution is 2.45. The molecule has 2 aliphatic rings. The number of carbonyl (C=O) groups excluding carboxylic acids is 2. The normalized spacial score (nSPS) is 31.3. The van der Waals surface area contributed by atoms with Crippen molar-refractivity contribution in [3.8, 4) is 5.75 Å². The predicted octanol–water partition coefficient (Wildman–Crippen LogP) is 3.35. The van der Waals surface area contributed by atoms with Crippen LogP contribution in [-0.4, -0.2) is 24.0 Å². The van der Waals surface area contributed by atoms with E-state index in [0.717, 1.165) is 5.57 Å². The van der Waals surface area contributed by atoms with Crippen LogP contribution in [0.15, 0.2) is 48.1 Å². The van der Waals surface area contributed by atoms with E-state index in [1.165, 1.54) is 6.08 Å². The zero-order chi connectivity index (χ0) is 16.6. The first-order valence-corrected chi connectivity index (χ1v) is 7.82. The molecule has 0 N–H and O–H groups in total. The molecule has 0 radical (unpaired) electrons. The van der Waals surface area contributed by atoms with Gasteiger partial charge in [0.05, 0.1) is 12.2 Å². The van der Waals surface area contributed by atoms with Crippen LogP contribution < -0.4 is 4.74 Å². The smallest absolute Gasteiger partial charge is 0.322 e. The minimum atomic E-state index is -0.894. The molecular formula is C18H17ClO4. The standard InChI is InChI=1S/C18H17ClO4/c1-3-11-10-22-18(2)9-8-14(20)15(16(11)18)17(21)23-13-6-4-12(19)5-7-13/h3-9,15-16H,10H2,1-2H3/b11-3+/t15-,16?,18-/m1/s1. The Morgan fingerprint density at radius 1 is 1.39 bits per heavy atom. The Balaban J connectivity index is 1.90. The number of benzene rings is 1. The third kappa shape index (κ3) is 2.84. The van der Waals surface area contributed by atoms with E-state index in [2.05, 4.69) is 0 Å². The van der Waals surface area contributed by atoms with E-state index in [1.54, 1.807) is 30.3 Å². The minimum absolute atomic E-state index is 0.253. The molecule has 3 atom stereocenters.